The van der Waals surface area contributed by atoms with E-state index in [9.17, 15) is 0 Å². The van der Waals surface area contributed by atoms with Crippen LogP contribution in [-0.4, -0.2) is 24.1 Å². The molecule has 0 aliphatic heterocycles. The predicted molar refractivity (Wildman–Crippen MR) is 70.8 cm³/mol. The van der Waals surface area contributed by atoms with Gasteiger partial charge in [-0.25, -0.2) is 4.98 Å². The summed E-state index contributed by atoms with van der Waals surface area (Å²) in [6, 6.07) is 9.48. The molecule has 18 heavy (non-hydrogen) atoms. The van der Waals surface area contributed by atoms with Crippen LogP contribution >= 0.6 is 0 Å². The Morgan fingerprint density at radius 1 is 1.33 bits per heavy atom. The van der Waals surface area contributed by atoms with Crippen LogP contribution in [0.2, 0.25) is 0 Å². The average molecular weight is 239 g/mol. The fraction of sp³-hybridized carbons (Fsp3) is 0.154. The molecule has 0 saturated heterocycles. The third-order valence-corrected chi connectivity index (χ3v) is 2.58. The van der Waals surface area contributed by atoms with Crippen molar-refractivity contribution in [1.29, 1.82) is 5.26 Å². The van der Waals surface area contributed by atoms with Gasteiger partial charge in [-0.15, -0.1) is 0 Å². The fourth-order valence-corrected chi connectivity index (χ4v) is 1.55. The van der Waals surface area contributed by atoms with E-state index in [2.05, 4.69) is 21.4 Å². The first-order valence-corrected chi connectivity index (χ1v) is 5.48. The van der Waals surface area contributed by atoms with E-state index in [4.69, 9.17) is 5.26 Å². The van der Waals surface area contributed by atoms with E-state index in [1.807, 2.05) is 30.1 Å². The van der Waals surface area contributed by atoms with Crippen LogP contribution in [-0.2, 0) is 0 Å². The van der Waals surface area contributed by atoms with E-state index in [0.29, 0.717) is 11.4 Å². The highest BCUT2D eigenvalue weighted by molar-refractivity contribution is 5.61. The first-order chi connectivity index (χ1) is 8.74. The molecule has 0 amide bonds. The monoisotopic (exact) mass is 239 g/mol. The Hall–Kier alpha value is -2.61. The molecule has 1 heterocycles. The first-order valence-electron chi connectivity index (χ1n) is 5.48. The molecule has 0 bridgehead atoms. The van der Waals surface area contributed by atoms with Crippen LogP contribution in [0.1, 0.15) is 5.56 Å². The fourth-order valence-electron chi connectivity index (χ4n) is 1.55. The van der Waals surface area contributed by atoms with Gasteiger partial charge in [0.25, 0.3) is 0 Å². The standard InChI is InChI=1S/C13H13N5/c1-15-12-8-16-9-13(17-12)18(2)11-5-3-4-10(6-11)7-14/h3-6,8-9H,1-2H3,(H,15,17). The van der Waals surface area contributed by atoms with Crippen molar-refractivity contribution in [2.24, 2.45) is 0 Å². The second-order valence-corrected chi connectivity index (χ2v) is 3.73. The summed E-state index contributed by atoms with van der Waals surface area (Å²) in [4.78, 5) is 10.4. The van der Waals surface area contributed by atoms with Gasteiger partial charge in [-0.2, -0.15) is 5.26 Å². The second kappa shape index (κ2) is 5.15. The number of hydrogen-bond acceptors (Lipinski definition) is 5. The Kier molecular flexibility index (Phi) is 3.39. The summed E-state index contributed by atoms with van der Waals surface area (Å²) in [5.74, 6) is 1.42. The number of nitrogens with one attached hydrogen (secondary N) is 1. The molecular formula is C13H13N5. The zero-order chi connectivity index (χ0) is 13.0. The van der Waals surface area contributed by atoms with E-state index in [0.717, 1.165) is 11.5 Å². The van der Waals surface area contributed by atoms with Gasteiger partial charge in [-0.3, -0.25) is 4.98 Å². The zero-order valence-corrected chi connectivity index (χ0v) is 10.3. The molecule has 0 spiro atoms. The maximum absolute atomic E-state index is 8.89. The summed E-state index contributed by atoms with van der Waals surface area (Å²) >= 11 is 0. The molecule has 0 saturated carbocycles. The third-order valence-electron chi connectivity index (χ3n) is 2.58. The lowest BCUT2D eigenvalue weighted by atomic mass is 10.2. The first kappa shape index (κ1) is 11.9. The highest BCUT2D eigenvalue weighted by Crippen LogP contribution is 2.22. The lowest BCUT2D eigenvalue weighted by Crippen LogP contribution is -2.12. The summed E-state index contributed by atoms with van der Waals surface area (Å²) in [6.45, 7) is 0. The number of rotatable bonds is 3. The van der Waals surface area contributed by atoms with Crippen LogP contribution in [0.3, 0.4) is 0 Å². The zero-order valence-electron chi connectivity index (χ0n) is 10.3. The van der Waals surface area contributed by atoms with Crippen LogP contribution < -0.4 is 10.2 Å². The molecular weight excluding hydrogens is 226 g/mol. The van der Waals surface area contributed by atoms with Crippen LogP contribution in [0.15, 0.2) is 36.7 Å². The molecule has 0 fully saturated rings. The lowest BCUT2D eigenvalue weighted by molar-refractivity contribution is 1.08. The van der Waals surface area contributed by atoms with Crippen LogP contribution in [0.4, 0.5) is 17.3 Å². The molecule has 1 aromatic heterocycles. The van der Waals surface area contributed by atoms with Crippen LogP contribution in [0, 0.1) is 11.3 Å². The minimum Gasteiger partial charge on any atom is -0.372 e. The summed E-state index contributed by atoms with van der Waals surface area (Å²) in [5, 5.41) is 11.8. The quantitative estimate of drug-likeness (QED) is 0.889. The van der Waals surface area contributed by atoms with Gasteiger partial charge < -0.3 is 10.2 Å². The van der Waals surface area contributed by atoms with Gasteiger partial charge in [0.2, 0.25) is 0 Å². The SMILES string of the molecule is CNc1cncc(N(C)c2cccc(C#N)c2)n1. The molecule has 0 aliphatic carbocycles. The summed E-state index contributed by atoms with van der Waals surface area (Å²) in [5.41, 5.74) is 1.52. The molecule has 0 unspecified atom stereocenters. The minimum absolute atomic E-state index is 0.622. The molecule has 0 atom stereocenters. The predicted octanol–water partition coefficient (Wildman–Crippen LogP) is 2.16. The van der Waals surface area contributed by atoms with Crippen molar-refractivity contribution in [1.82, 2.24) is 9.97 Å². The number of anilines is 3. The largest absolute Gasteiger partial charge is 0.372 e. The van der Waals surface area contributed by atoms with Gasteiger partial charge in [-0.05, 0) is 18.2 Å². The van der Waals surface area contributed by atoms with E-state index in [1.165, 1.54) is 0 Å². The molecule has 5 nitrogen and oxygen atoms in total. The highest BCUT2D eigenvalue weighted by Gasteiger charge is 2.07. The summed E-state index contributed by atoms with van der Waals surface area (Å²) < 4.78 is 0. The van der Waals surface area contributed by atoms with Crippen molar-refractivity contribution in [2.45, 2.75) is 0 Å². The van der Waals surface area contributed by atoms with Crippen molar-refractivity contribution < 1.29 is 0 Å². The number of hydrogen-bond donors (Lipinski definition) is 1. The Morgan fingerprint density at radius 3 is 2.89 bits per heavy atom. The number of nitriles is 1. The molecule has 90 valence electrons. The minimum atomic E-state index is 0.622. The van der Waals surface area contributed by atoms with Gasteiger partial charge in [0.05, 0.1) is 24.0 Å². The van der Waals surface area contributed by atoms with Gasteiger partial charge in [0, 0.05) is 19.8 Å². The Bertz CT molecular complexity index is 588. The van der Waals surface area contributed by atoms with E-state index in [1.54, 1.807) is 25.5 Å². The van der Waals surface area contributed by atoms with Crippen LogP contribution in [0.25, 0.3) is 0 Å². The average Bonchev–Trinajstić information content (AvgIpc) is 2.46. The maximum Gasteiger partial charge on any atom is 0.153 e. The molecule has 1 N–H and O–H groups in total. The summed E-state index contributed by atoms with van der Waals surface area (Å²) in [7, 11) is 3.68. The smallest absolute Gasteiger partial charge is 0.153 e. The molecule has 1 aromatic carbocycles. The maximum atomic E-state index is 8.89. The lowest BCUT2D eigenvalue weighted by Gasteiger charge is -2.18. The van der Waals surface area contributed by atoms with E-state index in [-0.39, 0.29) is 0 Å². The molecule has 2 rings (SSSR count). The van der Waals surface area contributed by atoms with Crippen molar-refractivity contribution in [3.8, 4) is 6.07 Å². The number of benzene rings is 1. The van der Waals surface area contributed by atoms with Crippen molar-refractivity contribution in [3.63, 3.8) is 0 Å². The van der Waals surface area contributed by atoms with E-state index >= 15 is 0 Å². The number of aromatic nitrogens is 2. The van der Waals surface area contributed by atoms with Gasteiger partial charge in [-0.1, -0.05) is 6.07 Å². The van der Waals surface area contributed by atoms with Gasteiger partial charge in [0.15, 0.2) is 5.82 Å². The summed E-state index contributed by atoms with van der Waals surface area (Å²) in [6.07, 6.45) is 3.34. The van der Waals surface area contributed by atoms with Crippen LogP contribution in [0.5, 0.6) is 0 Å². The second-order valence-electron chi connectivity index (χ2n) is 3.73. The number of nitrogens with zero attached hydrogens (tertiary/aromatic N) is 4. The van der Waals surface area contributed by atoms with E-state index < -0.39 is 0 Å². The molecule has 0 radical (unpaired) electrons. The third kappa shape index (κ3) is 2.38. The van der Waals surface area contributed by atoms with Gasteiger partial charge in [0.1, 0.15) is 5.82 Å². The Morgan fingerprint density at radius 2 is 2.17 bits per heavy atom. The van der Waals surface area contributed by atoms with Crippen molar-refractivity contribution >= 4 is 17.3 Å². The Balaban J connectivity index is 2.35. The topological polar surface area (TPSA) is 64.8 Å². The molecule has 2 aromatic rings. The Labute approximate surface area is 106 Å². The van der Waals surface area contributed by atoms with Crippen molar-refractivity contribution in [2.75, 3.05) is 24.3 Å². The van der Waals surface area contributed by atoms with Crippen molar-refractivity contribution in [3.05, 3.63) is 42.2 Å². The molecule has 0 aliphatic rings. The normalized spacial score (nSPS) is 9.61. The molecule has 5 heteroatoms. The van der Waals surface area contributed by atoms with Gasteiger partial charge >= 0.3 is 0 Å². The highest BCUT2D eigenvalue weighted by atomic mass is 15.2.